The monoisotopic (exact) mass is 262 g/mol. The molecule has 0 aliphatic carbocycles. The Kier molecular flexibility index (Phi) is 4.33. The number of benzene rings is 1. The molecule has 3 nitrogen and oxygen atoms in total. The van der Waals surface area contributed by atoms with Gasteiger partial charge in [0.05, 0.1) is 12.8 Å². The molecule has 4 heteroatoms. The third-order valence-electron chi connectivity index (χ3n) is 2.60. The van der Waals surface area contributed by atoms with Crippen molar-refractivity contribution in [3.63, 3.8) is 0 Å². The van der Waals surface area contributed by atoms with Gasteiger partial charge in [-0.25, -0.2) is 4.98 Å². The molecular weight excluding hydrogens is 244 g/mol. The highest BCUT2D eigenvalue weighted by atomic mass is 32.1. The second-order valence-electron chi connectivity index (χ2n) is 4.39. The molecule has 0 saturated carbocycles. The van der Waals surface area contributed by atoms with E-state index >= 15 is 0 Å². The molecule has 0 aliphatic rings. The zero-order chi connectivity index (χ0) is 13.0. The van der Waals surface area contributed by atoms with Crippen LogP contribution in [0.4, 0.5) is 0 Å². The molecule has 0 saturated heterocycles. The molecule has 0 amide bonds. The number of hydrogen-bond donors (Lipinski definition) is 1. The fraction of sp³-hybridized carbons (Fsp3) is 0.357. The number of aromatic nitrogens is 1. The average molecular weight is 262 g/mol. The molecule has 0 bridgehead atoms. The van der Waals surface area contributed by atoms with E-state index in [-0.39, 0.29) is 0 Å². The lowest BCUT2D eigenvalue weighted by Crippen LogP contribution is -2.21. The van der Waals surface area contributed by atoms with Crippen LogP contribution in [0.2, 0.25) is 0 Å². The summed E-state index contributed by atoms with van der Waals surface area (Å²) in [5.74, 6) is 0.871. The third kappa shape index (κ3) is 3.31. The predicted molar refractivity (Wildman–Crippen MR) is 76.1 cm³/mol. The van der Waals surface area contributed by atoms with Crippen LogP contribution in [0, 0.1) is 0 Å². The van der Waals surface area contributed by atoms with Crippen molar-refractivity contribution in [1.29, 1.82) is 0 Å². The van der Waals surface area contributed by atoms with Crippen LogP contribution < -0.4 is 10.1 Å². The summed E-state index contributed by atoms with van der Waals surface area (Å²) in [6.45, 7) is 5.11. The van der Waals surface area contributed by atoms with Crippen LogP contribution in [0.5, 0.6) is 5.75 Å². The van der Waals surface area contributed by atoms with Crippen LogP contribution >= 0.6 is 11.3 Å². The molecule has 0 atom stereocenters. The van der Waals surface area contributed by atoms with Crippen molar-refractivity contribution in [3.05, 3.63) is 34.7 Å². The van der Waals surface area contributed by atoms with E-state index in [0.29, 0.717) is 6.04 Å². The molecule has 96 valence electrons. The Balaban J connectivity index is 2.08. The lowest BCUT2D eigenvalue weighted by molar-refractivity contribution is 0.415. The van der Waals surface area contributed by atoms with Crippen LogP contribution in [-0.2, 0) is 6.54 Å². The maximum atomic E-state index is 5.15. The van der Waals surface area contributed by atoms with Gasteiger partial charge in [-0.3, -0.25) is 0 Å². The number of nitrogens with zero attached hydrogens (tertiary/aromatic N) is 1. The topological polar surface area (TPSA) is 34.1 Å². The Morgan fingerprint density at radius 1 is 1.28 bits per heavy atom. The molecular formula is C14H18N2OS. The Morgan fingerprint density at radius 3 is 2.61 bits per heavy atom. The molecule has 1 aromatic carbocycles. The van der Waals surface area contributed by atoms with Gasteiger partial charge in [-0.05, 0) is 24.3 Å². The fourth-order valence-electron chi connectivity index (χ4n) is 1.58. The van der Waals surface area contributed by atoms with Gasteiger partial charge in [-0.1, -0.05) is 13.8 Å². The van der Waals surface area contributed by atoms with Crippen LogP contribution in [0.1, 0.15) is 18.9 Å². The smallest absolute Gasteiger partial charge is 0.118 e. The minimum atomic E-state index is 0.485. The van der Waals surface area contributed by atoms with Gasteiger partial charge >= 0.3 is 0 Å². The summed E-state index contributed by atoms with van der Waals surface area (Å²) in [6.07, 6.45) is 0. The quantitative estimate of drug-likeness (QED) is 0.897. The van der Waals surface area contributed by atoms with E-state index in [1.165, 1.54) is 0 Å². The van der Waals surface area contributed by atoms with E-state index in [1.807, 2.05) is 24.3 Å². The summed E-state index contributed by atoms with van der Waals surface area (Å²) in [6, 6.07) is 8.47. The molecule has 1 N–H and O–H groups in total. The lowest BCUT2D eigenvalue weighted by Gasteiger charge is -2.04. The first-order valence-electron chi connectivity index (χ1n) is 6.01. The Morgan fingerprint density at radius 2 is 2.00 bits per heavy atom. The zero-order valence-corrected chi connectivity index (χ0v) is 11.8. The molecule has 2 aromatic rings. The SMILES string of the molecule is COc1ccc(-c2csc(CNC(C)C)n2)cc1. The van der Waals surface area contributed by atoms with Gasteiger partial charge in [0.25, 0.3) is 0 Å². The van der Waals surface area contributed by atoms with Crippen molar-refractivity contribution in [2.75, 3.05) is 7.11 Å². The molecule has 2 rings (SSSR count). The molecule has 0 unspecified atom stereocenters. The van der Waals surface area contributed by atoms with Crippen LogP contribution in [0.25, 0.3) is 11.3 Å². The summed E-state index contributed by atoms with van der Waals surface area (Å²) in [4.78, 5) is 4.62. The predicted octanol–water partition coefficient (Wildman–Crippen LogP) is 3.32. The van der Waals surface area contributed by atoms with E-state index < -0.39 is 0 Å². The summed E-state index contributed by atoms with van der Waals surface area (Å²) in [5, 5.41) is 6.59. The summed E-state index contributed by atoms with van der Waals surface area (Å²) >= 11 is 1.69. The van der Waals surface area contributed by atoms with Crippen LogP contribution in [0.15, 0.2) is 29.6 Å². The van der Waals surface area contributed by atoms with Crippen molar-refractivity contribution in [1.82, 2.24) is 10.3 Å². The van der Waals surface area contributed by atoms with E-state index in [1.54, 1.807) is 18.4 Å². The summed E-state index contributed by atoms with van der Waals surface area (Å²) in [7, 11) is 1.67. The Hall–Kier alpha value is -1.39. The van der Waals surface area contributed by atoms with Crippen molar-refractivity contribution in [3.8, 4) is 17.0 Å². The van der Waals surface area contributed by atoms with Crippen molar-refractivity contribution >= 4 is 11.3 Å². The van der Waals surface area contributed by atoms with E-state index in [2.05, 4.69) is 29.5 Å². The van der Waals surface area contributed by atoms with Crippen molar-refractivity contribution in [2.45, 2.75) is 26.4 Å². The van der Waals surface area contributed by atoms with E-state index in [4.69, 9.17) is 4.74 Å². The van der Waals surface area contributed by atoms with Crippen molar-refractivity contribution in [2.24, 2.45) is 0 Å². The first-order chi connectivity index (χ1) is 8.69. The van der Waals surface area contributed by atoms with Gasteiger partial charge < -0.3 is 10.1 Å². The highest BCUT2D eigenvalue weighted by Crippen LogP contribution is 2.24. The number of methoxy groups -OCH3 is 1. The van der Waals surface area contributed by atoms with Crippen molar-refractivity contribution < 1.29 is 4.74 Å². The van der Waals surface area contributed by atoms with Gasteiger partial charge in [0.2, 0.25) is 0 Å². The van der Waals surface area contributed by atoms with Crippen LogP contribution in [-0.4, -0.2) is 18.1 Å². The third-order valence-corrected chi connectivity index (χ3v) is 3.45. The van der Waals surface area contributed by atoms with E-state index in [9.17, 15) is 0 Å². The van der Waals surface area contributed by atoms with Gasteiger partial charge in [0.1, 0.15) is 10.8 Å². The number of nitrogens with one attached hydrogen (secondary N) is 1. The average Bonchev–Trinajstić information content (AvgIpc) is 2.85. The highest BCUT2D eigenvalue weighted by Gasteiger charge is 2.05. The standard InChI is InChI=1S/C14H18N2OS/c1-10(2)15-8-14-16-13(9-18-14)11-4-6-12(17-3)7-5-11/h4-7,9-10,15H,8H2,1-3H3. The van der Waals surface area contributed by atoms with Gasteiger partial charge in [-0.15, -0.1) is 11.3 Å². The first kappa shape index (κ1) is 13.1. The maximum Gasteiger partial charge on any atom is 0.118 e. The highest BCUT2D eigenvalue weighted by molar-refractivity contribution is 7.09. The second-order valence-corrected chi connectivity index (χ2v) is 5.33. The maximum absolute atomic E-state index is 5.15. The molecule has 1 heterocycles. The number of ether oxygens (including phenoxy) is 1. The molecule has 0 aliphatic heterocycles. The summed E-state index contributed by atoms with van der Waals surface area (Å²) in [5.41, 5.74) is 2.16. The molecule has 1 aromatic heterocycles. The molecule has 0 spiro atoms. The number of thiazole rings is 1. The minimum Gasteiger partial charge on any atom is -0.497 e. The number of hydrogen-bond acceptors (Lipinski definition) is 4. The largest absolute Gasteiger partial charge is 0.497 e. The molecule has 0 fully saturated rings. The second kappa shape index (κ2) is 5.98. The number of rotatable bonds is 5. The lowest BCUT2D eigenvalue weighted by atomic mass is 10.2. The normalized spacial score (nSPS) is 10.9. The minimum absolute atomic E-state index is 0.485. The summed E-state index contributed by atoms with van der Waals surface area (Å²) < 4.78 is 5.15. The van der Waals surface area contributed by atoms with Gasteiger partial charge in [-0.2, -0.15) is 0 Å². The van der Waals surface area contributed by atoms with Crippen LogP contribution in [0.3, 0.4) is 0 Å². The Bertz CT molecular complexity index is 491. The molecule has 0 radical (unpaired) electrons. The Labute approximate surface area is 112 Å². The fourth-order valence-corrected chi connectivity index (χ4v) is 2.33. The van der Waals surface area contributed by atoms with E-state index in [0.717, 1.165) is 28.6 Å². The van der Waals surface area contributed by atoms with Gasteiger partial charge in [0, 0.05) is 23.5 Å². The molecule has 18 heavy (non-hydrogen) atoms. The first-order valence-corrected chi connectivity index (χ1v) is 6.89. The van der Waals surface area contributed by atoms with Gasteiger partial charge in [0.15, 0.2) is 0 Å². The zero-order valence-electron chi connectivity index (χ0n) is 10.9.